The van der Waals surface area contributed by atoms with Gasteiger partial charge in [-0.1, -0.05) is 30.3 Å². The second-order valence-electron chi connectivity index (χ2n) is 10.9. The molecule has 4 atom stereocenters. The van der Waals surface area contributed by atoms with E-state index >= 15 is 0 Å². The molecule has 0 unspecified atom stereocenters. The number of hydrogen-bond acceptors (Lipinski definition) is 7. The van der Waals surface area contributed by atoms with Crippen molar-refractivity contribution in [2.75, 3.05) is 31.0 Å². The van der Waals surface area contributed by atoms with Crippen molar-refractivity contribution in [3.05, 3.63) is 53.6 Å². The summed E-state index contributed by atoms with van der Waals surface area (Å²) in [4.78, 5) is 17.9. The average Bonchev–Trinajstić information content (AvgIpc) is 3.85. The topological polar surface area (TPSA) is 121 Å². The second-order valence-corrected chi connectivity index (χ2v) is 14.0. The Morgan fingerprint density at radius 1 is 1.23 bits per heavy atom. The summed E-state index contributed by atoms with van der Waals surface area (Å²) in [5.41, 5.74) is 1.17. The van der Waals surface area contributed by atoms with Gasteiger partial charge in [0.1, 0.15) is 5.82 Å². The van der Waals surface area contributed by atoms with Crippen LogP contribution in [0.4, 0.5) is 5.82 Å². The van der Waals surface area contributed by atoms with E-state index in [9.17, 15) is 18.3 Å². The Morgan fingerprint density at radius 3 is 2.54 bits per heavy atom. The van der Waals surface area contributed by atoms with Crippen molar-refractivity contribution in [1.29, 1.82) is 0 Å². The molecule has 0 saturated heterocycles. The van der Waals surface area contributed by atoms with Crippen LogP contribution in [0.3, 0.4) is 0 Å². The number of nitrogens with zero attached hydrogens (tertiary/aromatic N) is 2. The standard InChI is InChI=1S/C28H39ClN4O5S/c1-18(2)39(36,37)33(3)26-13-21(14-27(32-26)38-17-22-12-23(22)29)28(35)31-24(11-19-7-5-4-6-8-19)25(34)16-30-15-20-9-10-20/h4-8,13-14,18,20,22-25,30,34H,9-12,15-17H2,1-3H3,(H,31,35)/t22-,23+,24+,25-/m1/s1. The van der Waals surface area contributed by atoms with Crippen LogP contribution in [0.2, 0.25) is 0 Å². The summed E-state index contributed by atoms with van der Waals surface area (Å²) in [6, 6.07) is 12.0. The summed E-state index contributed by atoms with van der Waals surface area (Å²) in [5.74, 6) is 0.626. The van der Waals surface area contributed by atoms with Gasteiger partial charge in [0, 0.05) is 36.5 Å². The molecule has 4 rings (SSSR count). The summed E-state index contributed by atoms with van der Waals surface area (Å²) in [6.45, 7) is 4.69. The minimum Gasteiger partial charge on any atom is -0.477 e. The fourth-order valence-electron chi connectivity index (χ4n) is 4.18. The molecular formula is C28H39ClN4O5S. The Hall–Kier alpha value is -2.40. The van der Waals surface area contributed by atoms with Gasteiger partial charge in [-0.05, 0) is 63.6 Å². The number of halogens is 1. The zero-order valence-electron chi connectivity index (χ0n) is 22.7. The van der Waals surface area contributed by atoms with Crippen LogP contribution in [0.25, 0.3) is 0 Å². The highest BCUT2D eigenvalue weighted by Crippen LogP contribution is 2.36. The van der Waals surface area contributed by atoms with Gasteiger partial charge >= 0.3 is 0 Å². The number of hydrogen-bond donors (Lipinski definition) is 3. The van der Waals surface area contributed by atoms with E-state index in [1.807, 2.05) is 30.3 Å². The van der Waals surface area contributed by atoms with Crippen LogP contribution in [0.5, 0.6) is 5.88 Å². The lowest BCUT2D eigenvalue weighted by Gasteiger charge is -2.26. The van der Waals surface area contributed by atoms with Crippen LogP contribution in [-0.4, -0.2) is 73.9 Å². The quantitative estimate of drug-likeness (QED) is 0.278. The number of aliphatic hydroxyl groups excluding tert-OH is 1. The lowest BCUT2D eigenvalue weighted by molar-refractivity contribution is 0.0829. The van der Waals surface area contributed by atoms with E-state index in [0.717, 1.165) is 22.8 Å². The maximum Gasteiger partial charge on any atom is 0.251 e. The van der Waals surface area contributed by atoms with Crippen molar-refractivity contribution in [3.8, 4) is 5.88 Å². The van der Waals surface area contributed by atoms with Gasteiger partial charge in [0.05, 0.1) is 24.0 Å². The maximum absolute atomic E-state index is 13.5. The molecule has 3 N–H and O–H groups in total. The fraction of sp³-hybridized carbons (Fsp3) is 0.571. The normalized spacial score (nSPS) is 20.4. The molecule has 39 heavy (non-hydrogen) atoms. The number of amides is 1. The molecule has 9 nitrogen and oxygen atoms in total. The van der Waals surface area contributed by atoms with Gasteiger partial charge in [-0.25, -0.2) is 8.42 Å². The van der Waals surface area contributed by atoms with Crippen LogP contribution in [0.15, 0.2) is 42.5 Å². The number of benzene rings is 1. The van der Waals surface area contributed by atoms with Gasteiger partial charge in [0.15, 0.2) is 0 Å². The molecule has 2 aromatic rings. The van der Waals surface area contributed by atoms with Crippen molar-refractivity contribution in [2.45, 2.75) is 62.3 Å². The minimum atomic E-state index is -3.69. The maximum atomic E-state index is 13.5. The minimum absolute atomic E-state index is 0.0497. The number of sulfonamides is 1. The number of carbonyl (C=O) groups excluding carboxylic acids is 1. The highest BCUT2D eigenvalue weighted by Gasteiger charge is 2.36. The smallest absolute Gasteiger partial charge is 0.251 e. The Balaban J connectivity index is 1.55. The van der Waals surface area contributed by atoms with Crippen molar-refractivity contribution in [1.82, 2.24) is 15.6 Å². The highest BCUT2D eigenvalue weighted by atomic mass is 35.5. The van der Waals surface area contributed by atoms with E-state index in [1.165, 1.54) is 32.0 Å². The van der Waals surface area contributed by atoms with Crippen molar-refractivity contribution in [2.24, 2.45) is 11.8 Å². The third-order valence-corrected chi connectivity index (χ3v) is 9.87. The number of alkyl halides is 1. The molecule has 0 aliphatic heterocycles. The molecule has 1 amide bonds. The third-order valence-electron chi connectivity index (χ3n) is 7.19. The SMILES string of the molecule is CC(C)S(=O)(=O)N(C)c1cc(C(=O)N[C@@H](Cc2ccccc2)[C@H](O)CNCC2CC2)cc(OC[C@H]2C[C@@H]2Cl)n1. The van der Waals surface area contributed by atoms with Crippen LogP contribution >= 0.6 is 11.6 Å². The first-order chi connectivity index (χ1) is 18.5. The number of anilines is 1. The Bertz CT molecular complexity index is 1230. The zero-order valence-corrected chi connectivity index (χ0v) is 24.3. The van der Waals surface area contributed by atoms with E-state index in [0.29, 0.717) is 25.5 Å². The molecule has 1 heterocycles. The number of pyridine rings is 1. The molecule has 0 spiro atoms. The predicted molar refractivity (Wildman–Crippen MR) is 153 cm³/mol. The van der Waals surface area contributed by atoms with Gasteiger partial charge in [-0.15, -0.1) is 11.6 Å². The first-order valence-corrected chi connectivity index (χ1v) is 15.5. The van der Waals surface area contributed by atoms with E-state index in [4.69, 9.17) is 16.3 Å². The average molecular weight is 579 g/mol. The van der Waals surface area contributed by atoms with E-state index in [2.05, 4.69) is 15.6 Å². The zero-order chi connectivity index (χ0) is 28.2. The van der Waals surface area contributed by atoms with Crippen LogP contribution in [-0.2, 0) is 16.4 Å². The van der Waals surface area contributed by atoms with Crippen LogP contribution in [0.1, 0.15) is 49.0 Å². The highest BCUT2D eigenvalue weighted by molar-refractivity contribution is 7.93. The van der Waals surface area contributed by atoms with Gasteiger partial charge in [0.2, 0.25) is 15.9 Å². The van der Waals surface area contributed by atoms with Gasteiger partial charge < -0.3 is 20.5 Å². The molecule has 0 radical (unpaired) electrons. The van der Waals surface area contributed by atoms with Crippen molar-refractivity contribution < 1.29 is 23.1 Å². The second kappa shape index (κ2) is 12.8. The number of aromatic nitrogens is 1. The lowest BCUT2D eigenvalue weighted by atomic mass is 10.0. The molecular weight excluding hydrogens is 540 g/mol. The predicted octanol–water partition coefficient (Wildman–Crippen LogP) is 2.96. The Kier molecular flexibility index (Phi) is 9.74. The number of ether oxygens (including phenoxy) is 1. The largest absolute Gasteiger partial charge is 0.477 e. The summed E-state index contributed by atoms with van der Waals surface area (Å²) >= 11 is 6.11. The summed E-state index contributed by atoms with van der Waals surface area (Å²) in [6.07, 6.45) is 2.85. The molecule has 1 aromatic carbocycles. The molecule has 214 valence electrons. The van der Waals surface area contributed by atoms with Crippen molar-refractivity contribution in [3.63, 3.8) is 0 Å². The number of carbonyl (C=O) groups is 1. The van der Waals surface area contributed by atoms with E-state index in [-0.39, 0.29) is 28.6 Å². The molecule has 2 saturated carbocycles. The molecule has 2 aliphatic carbocycles. The Morgan fingerprint density at radius 2 is 1.92 bits per heavy atom. The van der Waals surface area contributed by atoms with Crippen molar-refractivity contribution >= 4 is 33.3 Å². The van der Waals surface area contributed by atoms with E-state index in [1.54, 1.807) is 13.8 Å². The van der Waals surface area contributed by atoms with Gasteiger partial charge in [-0.3, -0.25) is 9.10 Å². The van der Waals surface area contributed by atoms with Gasteiger partial charge in [-0.2, -0.15) is 4.98 Å². The van der Waals surface area contributed by atoms with Crippen LogP contribution < -0.4 is 19.7 Å². The Labute approximate surface area is 236 Å². The molecule has 0 bridgehead atoms. The van der Waals surface area contributed by atoms with Crippen LogP contribution in [0, 0.1) is 11.8 Å². The molecule has 2 fully saturated rings. The van der Waals surface area contributed by atoms with E-state index < -0.39 is 33.3 Å². The monoisotopic (exact) mass is 578 g/mol. The number of nitrogens with one attached hydrogen (secondary N) is 2. The third kappa shape index (κ3) is 8.30. The first-order valence-electron chi connectivity index (χ1n) is 13.5. The van der Waals surface area contributed by atoms with Gasteiger partial charge in [0.25, 0.3) is 5.91 Å². The number of aliphatic hydroxyl groups is 1. The summed E-state index contributed by atoms with van der Waals surface area (Å²) in [5, 5.41) is 16.7. The first kappa shape index (κ1) is 29.6. The fourth-order valence-corrected chi connectivity index (χ4v) is 5.47. The lowest BCUT2D eigenvalue weighted by Crippen LogP contribution is -2.49. The summed E-state index contributed by atoms with van der Waals surface area (Å²) in [7, 11) is -2.28. The molecule has 11 heteroatoms. The summed E-state index contributed by atoms with van der Waals surface area (Å²) < 4.78 is 32.6. The molecule has 2 aliphatic rings. The number of rotatable bonds is 15. The molecule has 1 aromatic heterocycles.